The molecule has 0 bridgehead atoms. The van der Waals surface area contributed by atoms with Gasteiger partial charge in [-0.05, 0) is 24.3 Å². The quantitative estimate of drug-likeness (QED) is 0.722. The molecule has 0 atom stereocenters. The zero-order valence-corrected chi connectivity index (χ0v) is 13.4. The van der Waals surface area contributed by atoms with E-state index in [2.05, 4.69) is 10.1 Å². The predicted octanol–water partition coefficient (Wildman–Crippen LogP) is 2.24. The van der Waals surface area contributed by atoms with Crippen LogP contribution in [0.15, 0.2) is 41.3 Å². The highest BCUT2D eigenvalue weighted by Gasteiger charge is 2.31. The van der Waals surface area contributed by atoms with Crippen molar-refractivity contribution in [3.05, 3.63) is 69.3 Å². The molecule has 4 rings (SSSR count). The SMILES string of the molecule is O=C(c1ccc(C(F)(F)F)cc1)N1CCc2nc3cc[nH]n3c(=O)c2C1. The Balaban J connectivity index is 1.62. The van der Waals surface area contributed by atoms with E-state index in [1.54, 1.807) is 12.3 Å². The van der Waals surface area contributed by atoms with Gasteiger partial charge in [-0.2, -0.15) is 13.2 Å². The van der Waals surface area contributed by atoms with Crippen molar-refractivity contribution in [1.82, 2.24) is 19.5 Å². The Hall–Kier alpha value is -3.10. The summed E-state index contributed by atoms with van der Waals surface area (Å²) in [5, 5.41) is 2.77. The lowest BCUT2D eigenvalue weighted by molar-refractivity contribution is -0.137. The first-order valence-corrected chi connectivity index (χ1v) is 7.89. The third-order valence-corrected chi connectivity index (χ3v) is 4.44. The summed E-state index contributed by atoms with van der Waals surface area (Å²) in [6, 6.07) is 5.75. The lowest BCUT2D eigenvalue weighted by Gasteiger charge is -2.27. The minimum Gasteiger partial charge on any atom is -0.334 e. The van der Waals surface area contributed by atoms with Gasteiger partial charge in [-0.3, -0.25) is 14.7 Å². The summed E-state index contributed by atoms with van der Waals surface area (Å²) in [6.45, 7) is 0.420. The van der Waals surface area contributed by atoms with Crippen molar-refractivity contribution >= 4 is 11.6 Å². The fourth-order valence-electron chi connectivity index (χ4n) is 3.08. The van der Waals surface area contributed by atoms with Gasteiger partial charge in [0.1, 0.15) is 0 Å². The van der Waals surface area contributed by atoms with Crippen LogP contribution < -0.4 is 5.56 Å². The number of hydrogen-bond donors (Lipinski definition) is 1. The van der Waals surface area contributed by atoms with Crippen LogP contribution >= 0.6 is 0 Å². The van der Waals surface area contributed by atoms with Gasteiger partial charge in [0.15, 0.2) is 5.65 Å². The Kier molecular flexibility index (Phi) is 3.60. The van der Waals surface area contributed by atoms with Gasteiger partial charge in [0.25, 0.3) is 11.5 Å². The molecule has 1 aliphatic rings. The summed E-state index contributed by atoms with van der Waals surface area (Å²) >= 11 is 0. The van der Waals surface area contributed by atoms with Gasteiger partial charge < -0.3 is 4.90 Å². The average molecular weight is 362 g/mol. The number of nitrogens with one attached hydrogen (secondary N) is 1. The second-order valence-corrected chi connectivity index (χ2v) is 6.05. The smallest absolute Gasteiger partial charge is 0.334 e. The maximum absolute atomic E-state index is 12.6. The topological polar surface area (TPSA) is 70.5 Å². The van der Waals surface area contributed by atoms with Crippen LogP contribution in [0.25, 0.3) is 5.65 Å². The van der Waals surface area contributed by atoms with Crippen molar-refractivity contribution in [1.29, 1.82) is 0 Å². The molecule has 3 aromatic rings. The molecular formula is C17H13F3N4O2. The first kappa shape index (κ1) is 16.4. The third-order valence-electron chi connectivity index (χ3n) is 4.44. The highest BCUT2D eigenvalue weighted by atomic mass is 19.4. The van der Waals surface area contributed by atoms with E-state index in [9.17, 15) is 22.8 Å². The molecule has 2 aromatic heterocycles. The van der Waals surface area contributed by atoms with Crippen LogP contribution in [-0.4, -0.2) is 31.9 Å². The molecule has 1 aromatic carbocycles. The second-order valence-electron chi connectivity index (χ2n) is 6.05. The van der Waals surface area contributed by atoms with Crippen molar-refractivity contribution in [2.45, 2.75) is 19.1 Å². The Morgan fingerprint density at radius 1 is 1.15 bits per heavy atom. The molecular weight excluding hydrogens is 349 g/mol. The molecule has 0 unspecified atom stereocenters. The molecule has 0 radical (unpaired) electrons. The Morgan fingerprint density at radius 2 is 1.88 bits per heavy atom. The first-order valence-electron chi connectivity index (χ1n) is 7.89. The summed E-state index contributed by atoms with van der Waals surface area (Å²) in [7, 11) is 0. The molecule has 0 spiro atoms. The van der Waals surface area contributed by atoms with E-state index in [1.807, 2.05) is 0 Å². The predicted molar refractivity (Wildman–Crippen MR) is 85.7 cm³/mol. The highest BCUT2D eigenvalue weighted by Crippen LogP contribution is 2.29. The van der Waals surface area contributed by atoms with Gasteiger partial charge in [-0.15, -0.1) is 0 Å². The van der Waals surface area contributed by atoms with Crippen molar-refractivity contribution in [2.24, 2.45) is 0 Å². The van der Waals surface area contributed by atoms with Crippen LogP contribution in [0.1, 0.15) is 27.2 Å². The van der Waals surface area contributed by atoms with Gasteiger partial charge in [0, 0.05) is 30.8 Å². The number of H-pyrrole nitrogens is 1. The molecule has 0 saturated heterocycles. The van der Waals surface area contributed by atoms with E-state index in [0.717, 1.165) is 24.3 Å². The van der Waals surface area contributed by atoms with Crippen LogP contribution in [0.4, 0.5) is 13.2 Å². The number of rotatable bonds is 1. The lowest BCUT2D eigenvalue weighted by Crippen LogP contribution is -2.40. The maximum Gasteiger partial charge on any atom is 0.416 e. The maximum atomic E-state index is 12.6. The van der Waals surface area contributed by atoms with Crippen LogP contribution in [-0.2, 0) is 19.1 Å². The Morgan fingerprint density at radius 3 is 2.58 bits per heavy atom. The van der Waals surface area contributed by atoms with Crippen molar-refractivity contribution < 1.29 is 18.0 Å². The molecule has 1 amide bonds. The summed E-state index contributed by atoms with van der Waals surface area (Å²) in [4.78, 5) is 31.0. The molecule has 134 valence electrons. The van der Waals surface area contributed by atoms with E-state index in [-0.39, 0.29) is 17.7 Å². The number of alkyl halides is 3. The van der Waals surface area contributed by atoms with Crippen LogP contribution in [0.5, 0.6) is 0 Å². The van der Waals surface area contributed by atoms with Crippen LogP contribution in [0, 0.1) is 0 Å². The molecule has 3 heterocycles. The second kappa shape index (κ2) is 5.72. The number of halogens is 3. The molecule has 6 nitrogen and oxygen atoms in total. The normalized spacial score (nSPS) is 14.5. The van der Waals surface area contributed by atoms with Crippen LogP contribution in [0.2, 0.25) is 0 Å². The summed E-state index contributed by atoms with van der Waals surface area (Å²) in [5.41, 5.74) is 0.629. The van der Waals surface area contributed by atoms with E-state index < -0.39 is 17.6 Å². The van der Waals surface area contributed by atoms with Crippen molar-refractivity contribution in [3.63, 3.8) is 0 Å². The number of carbonyl (C=O) groups is 1. The van der Waals surface area contributed by atoms with E-state index in [4.69, 9.17) is 0 Å². The van der Waals surface area contributed by atoms with Crippen molar-refractivity contribution in [2.75, 3.05) is 6.54 Å². The zero-order chi connectivity index (χ0) is 18.5. The molecule has 9 heteroatoms. The first-order chi connectivity index (χ1) is 12.3. The molecule has 1 N–H and O–H groups in total. The monoisotopic (exact) mass is 362 g/mol. The van der Waals surface area contributed by atoms with E-state index >= 15 is 0 Å². The molecule has 0 aliphatic carbocycles. The number of benzene rings is 1. The molecule has 26 heavy (non-hydrogen) atoms. The molecule has 0 fully saturated rings. The van der Waals surface area contributed by atoms with Gasteiger partial charge in [-0.25, -0.2) is 9.50 Å². The Bertz CT molecular complexity index is 1050. The molecule has 0 saturated carbocycles. The van der Waals surface area contributed by atoms with Gasteiger partial charge in [0.2, 0.25) is 0 Å². The van der Waals surface area contributed by atoms with Crippen LogP contribution in [0.3, 0.4) is 0 Å². The Labute approximate surface area is 144 Å². The minimum absolute atomic E-state index is 0.0724. The number of fused-ring (bicyclic) bond motifs is 2. The minimum atomic E-state index is -4.45. The molecule has 1 aliphatic heterocycles. The highest BCUT2D eigenvalue weighted by molar-refractivity contribution is 5.94. The lowest BCUT2D eigenvalue weighted by atomic mass is 10.0. The van der Waals surface area contributed by atoms with Gasteiger partial charge >= 0.3 is 6.18 Å². The van der Waals surface area contributed by atoms with Crippen molar-refractivity contribution in [3.8, 4) is 0 Å². The number of amides is 1. The number of aromatic nitrogens is 3. The fourth-order valence-corrected chi connectivity index (χ4v) is 3.08. The standard InChI is InChI=1S/C17H13F3N4O2/c18-17(19,20)11-3-1-10(2-4-11)15(25)23-8-6-13-12(9-23)16(26)24-14(22-13)5-7-21-24/h1-5,7,21H,6,8-9H2. The zero-order valence-electron chi connectivity index (χ0n) is 13.4. The van der Waals surface area contributed by atoms with E-state index in [0.29, 0.717) is 29.9 Å². The van der Waals surface area contributed by atoms with E-state index in [1.165, 1.54) is 9.42 Å². The van der Waals surface area contributed by atoms with Gasteiger partial charge in [-0.1, -0.05) is 0 Å². The number of aromatic amines is 1. The van der Waals surface area contributed by atoms with Gasteiger partial charge in [0.05, 0.1) is 23.4 Å². The fraction of sp³-hybridized carbons (Fsp3) is 0.235. The average Bonchev–Trinajstić information content (AvgIpc) is 3.09. The number of carbonyl (C=O) groups excluding carboxylic acids is 1. The largest absolute Gasteiger partial charge is 0.416 e. The summed E-state index contributed by atoms with van der Waals surface area (Å²) < 4.78 is 39.2. The summed E-state index contributed by atoms with van der Waals surface area (Å²) in [6.07, 6.45) is -2.44. The number of hydrogen-bond acceptors (Lipinski definition) is 3. The third kappa shape index (κ3) is 2.65. The number of nitrogens with zero attached hydrogens (tertiary/aromatic N) is 3. The summed E-state index contributed by atoms with van der Waals surface area (Å²) in [5.74, 6) is -0.416.